The normalized spacial score (nSPS) is 19.2. The molecule has 1 aromatic rings. The molecule has 1 aliphatic rings. The van der Waals surface area contributed by atoms with Crippen molar-refractivity contribution >= 4 is 0 Å². The van der Waals surface area contributed by atoms with Crippen molar-refractivity contribution in [1.29, 1.82) is 0 Å². The van der Waals surface area contributed by atoms with Crippen LogP contribution in [0.1, 0.15) is 50.1 Å². The maximum atomic E-state index is 13.9. The van der Waals surface area contributed by atoms with E-state index in [2.05, 4.69) is 5.32 Å². The second kappa shape index (κ2) is 6.42. The highest BCUT2D eigenvalue weighted by Gasteiger charge is 2.27. The smallest absolute Gasteiger partial charge is 0.194 e. The van der Waals surface area contributed by atoms with Crippen LogP contribution in [-0.2, 0) is 0 Å². The highest BCUT2D eigenvalue weighted by Crippen LogP contribution is 2.35. The SMILES string of the molecule is CNC(c1ccc(F)c(F)c1F)C1CCCCCC1. The van der Waals surface area contributed by atoms with Crippen molar-refractivity contribution in [2.24, 2.45) is 5.92 Å². The van der Waals surface area contributed by atoms with Gasteiger partial charge in [0.25, 0.3) is 0 Å². The van der Waals surface area contributed by atoms with Gasteiger partial charge in [-0.25, -0.2) is 13.2 Å². The molecule has 0 bridgehead atoms. The molecule has 0 saturated heterocycles. The number of hydrogen-bond acceptors (Lipinski definition) is 1. The molecule has 1 fully saturated rings. The summed E-state index contributed by atoms with van der Waals surface area (Å²) < 4.78 is 40.3. The first-order chi connectivity index (χ1) is 9.15. The van der Waals surface area contributed by atoms with Crippen molar-refractivity contribution in [1.82, 2.24) is 5.32 Å². The van der Waals surface area contributed by atoms with Crippen LogP contribution in [0, 0.1) is 23.4 Å². The Labute approximate surface area is 112 Å². The topological polar surface area (TPSA) is 12.0 Å². The summed E-state index contributed by atoms with van der Waals surface area (Å²) in [4.78, 5) is 0. The second-order valence-electron chi connectivity index (χ2n) is 5.28. The van der Waals surface area contributed by atoms with E-state index in [-0.39, 0.29) is 17.5 Å². The summed E-state index contributed by atoms with van der Waals surface area (Å²) in [6, 6.07) is 2.13. The molecule has 1 saturated carbocycles. The third-order valence-electron chi connectivity index (χ3n) is 4.08. The Balaban J connectivity index is 2.28. The fraction of sp³-hybridized carbons (Fsp3) is 0.600. The molecule has 1 atom stereocenters. The summed E-state index contributed by atoms with van der Waals surface area (Å²) in [7, 11) is 1.75. The molecule has 0 amide bonds. The summed E-state index contributed by atoms with van der Waals surface area (Å²) in [5.74, 6) is -3.27. The minimum absolute atomic E-state index is 0.242. The van der Waals surface area contributed by atoms with Crippen LogP contribution in [0.4, 0.5) is 13.2 Å². The zero-order valence-electron chi connectivity index (χ0n) is 11.2. The summed E-state index contributed by atoms with van der Waals surface area (Å²) in [5.41, 5.74) is 0.244. The molecular formula is C15H20F3N. The van der Waals surface area contributed by atoms with E-state index in [1.807, 2.05) is 0 Å². The van der Waals surface area contributed by atoms with Crippen LogP contribution in [0.5, 0.6) is 0 Å². The highest BCUT2D eigenvalue weighted by molar-refractivity contribution is 5.24. The van der Waals surface area contributed by atoms with Crippen LogP contribution in [0.25, 0.3) is 0 Å². The molecule has 106 valence electrons. The van der Waals surface area contributed by atoms with Gasteiger partial charge in [0.1, 0.15) is 0 Å². The average Bonchev–Trinajstić information content (AvgIpc) is 2.69. The molecule has 0 aromatic heterocycles. The first-order valence-electron chi connectivity index (χ1n) is 6.95. The van der Waals surface area contributed by atoms with Gasteiger partial charge >= 0.3 is 0 Å². The van der Waals surface area contributed by atoms with E-state index in [0.717, 1.165) is 31.7 Å². The molecule has 1 aliphatic carbocycles. The molecule has 2 rings (SSSR count). The molecule has 1 aromatic carbocycles. The zero-order chi connectivity index (χ0) is 13.8. The van der Waals surface area contributed by atoms with Gasteiger partial charge in [-0.15, -0.1) is 0 Å². The molecule has 1 unspecified atom stereocenters. The van der Waals surface area contributed by atoms with Crippen LogP contribution < -0.4 is 5.32 Å². The molecule has 0 aliphatic heterocycles. The maximum absolute atomic E-state index is 13.9. The predicted octanol–water partition coefficient (Wildman–Crippen LogP) is 4.33. The van der Waals surface area contributed by atoms with Crippen LogP contribution in [0.15, 0.2) is 12.1 Å². The van der Waals surface area contributed by atoms with Gasteiger partial charge in [-0.3, -0.25) is 0 Å². The van der Waals surface area contributed by atoms with Crippen molar-refractivity contribution in [3.05, 3.63) is 35.1 Å². The predicted molar refractivity (Wildman–Crippen MR) is 69.3 cm³/mol. The van der Waals surface area contributed by atoms with E-state index in [4.69, 9.17) is 0 Å². The van der Waals surface area contributed by atoms with Crippen molar-refractivity contribution < 1.29 is 13.2 Å². The van der Waals surface area contributed by atoms with Crippen LogP contribution in [0.3, 0.4) is 0 Å². The number of nitrogens with one attached hydrogen (secondary N) is 1. The lowest BCUT2D eigenvalue weighted by Crippen LogP contribution is -2.26. The standard InChI is InChI=1S/C15H20F3N/c1-19-15(10-6-4-2-3-5-7-10)11-8-9-12(16)14(18)13(11)17/h8-10,15,19H,2-7H2,1H3. The molecule has 1 N–H and O–H groups in total. The van der Waals surface area contributed by atoms with E-state index >= 15 is 0 Å². The fourth-order valence-corrected chi connectivity index (χ4v) is 3.07. The minimum Gasteiger partial charge on any atom is -0.313 e. The van der Waals surface area contributed by atoms with Gasteiger partial charge in [0, 0.05) is 11.6 Å². The minimum atomic E-state index is -1.37. The van der Waals surface area contributed by atoms with Gasteiger partial charge in [-0.05, 0) is 31.9 Å². The average molecular weight is 271 g/mol. The van der Waals surface area contributed by atoms with Gasteiger partial charge in [-0.1, -0.05) is 31.7 Å². The number of hydrogen-bond donors (Lipinski definition) is 1. The Morgan fingerprint density at radius 3 is 2.21 bits per heavy atom. The Morgan fingerprint density at radius 1 is 1.00 bits per heavy atom. The molecule has 0 radical (unpaired) electrons. The summed E-state index contributed by atoms with van der Waals surface area (Å²) in [6.07, 6.45) is 6.65. The van der Waals surface area contributed by atoms with E-state index in [9.17, 15) is 13.2 Å². The molecule has 0 heterocycles. The summed E-state index contributed by atoms with van der Waals surface area (Å²) >= 11 is 0. The Bertz CT molecular complexity index is 426. The molecule has 19 heavy (non-hydrogen) atoms. The van der Waals surface area contributed by atoms with Gasteiger partial charge in [0.05, 0.1) is 0 Å². The highest BCUT2D eigenvalue weighted by atomic mass is 19.2. The van der Waals surface area contributed by atoms with Crippen molar-refractivity contribution in [3.8, 4) is 0 Å². The second-order valence-corrected chi connectivity index (χ2v) is 5.28. The summed E-state index contributed by atoms with van der Waals surface area (Å²) in [5, 5.41) is 3.07. The van der Waals surface area contributed by atoms with Gasteiger partial charge in [-0.2, -0.15) is 0 Å². The molecule has 0 spiro atoms. The monoisotopic (exact) mass is 271 g/mol. The van der Waals surface area contributed by atoms with Crippen LogP contribution in [-0.4, -0.2) is 7.05 Å². The zero-order valence-corrected chi connectivity index (χ0v) is 11.2. The van der Waals surface area contributed by atoms with Crippen molar-refractivity contribution in [3.63, 3.8) is 0 Å². The number of halogens is 3. The van der Waals surface area contributed by atoms with E-state index < -0.39 is 17.5 Å². The van der Waals surface area contributed by atoms with Crippen LogP contribution in [0.2, 0.25) is 0 Å². The number of benzene rings is 1. The van der Waals surface area contributed by atoms with E-state index in [1.54, 1.807) is 7.05 Å². The third-order valence-corrected chi connectivity index (χ3v) is 4.08. The first kappa shape index (κ1) is 14.4. The van der Waals surface area contributed by atoms with E-state index in [1.165, 1.54) is 18.9 Å². The number of rotatable bonds is 3. The first-order valence-corrected chi connectivity index (χ1v) is 6.95. The molecular weight excluding hydrogens is 251 g/mol. The van der Waals surface area contributed by atoms with Gasteiger partial charge in [0.15, 0.2) is 17.5 Å². The fourth-order valence-electron chi connectivity index (χ4n) is 3.07. The summed E-state index contributed by atoms with van der Waals surface area (Å²) in [6.45, 7) is 0. The molecule has 4 heteroatoms. The van der Waals surface area contributed by atoms with E-state index in [0.29, 0.717) is 0 Å². The van der Waals surface area contributed by atoms with Gasteiger partial charge < -0.3 is 5.32 Å². The quantitative estimate of drug-likeness (QED) is 0.637. The van der Waals surface area contributed by atoms with Gasteiger partial charge in [0.2, 0.25) is 0 Å². The lowest BCUT2D eigenvalue weighted by atomic mass is 9.87. The molecule has 1 nitrogen and oxygen atoms in total. The third kappa shape index (κ3) is 3.11. The maximum Gasteiger partial charge on any atom is 0.194 e. The van der Waals surface area contributed by atoms with Crippen LogP contribution >= 0.6 is 0 Å². The Hall–Kier alpha value is -1.03. The Morgan fingerprint density at radius 2 is 1.63 bits per heavy atom. The Kier molecular flexibility index (Phi) is 4.86. The lowest BCUT2D eigenvalue weighted by molar-refractivity contribution is 0.326. The largest absolute Gasteiger partial charge is 0.313 e. The van der Waals surface area contributed by atoms with Crippen molar-refractivity contribution in [2.45, 2.75) is 44.6 Å². The lowest BCUT2D eigenvalue weighted by Gasteiger charge is -2.26. The van der Waals surface area contributed by atoms with Crippen molar-refractivity contribution in [2.75, 3.05) is 7.05 Å².